The Hall–Kier alpha value is -2.03. The molecule has 0 aromatic rings. The standard InChI is InChI=1S/C67H126NO8P/c1-6-8-10-12-14-16-18-20-22-23-24-25-26-27-28-29-30-31-32-33-34-35-36-37-38-39-40-41-42-43-44-46-47-49-51-53-55-57-59-66(69)73-63-65(64-75-77(71,72)74-62-61-68(3,4)5)76-67(70)60-58-56-54-52-50-48-45-21-19-17-15-13-11-9-7-2/h9,11,15,17,21,45,50,52,65H,6-8,10,12-14,16,18-20,22-44,46-49,51,53-64H2,1-5H3/p+1/b11-9-,17-15-,45-21-,52-50-. The number of carbonyl (C=O) groups is 2. The van der Waals surface area contributed by atoms with Crippen LogP contribution < -0.4 is 0 Å². The van der Waals surface area contributed by atoms with E-state index in [9.17, 15) is 19.0 Å². The fourth-order valence-corrected chi connectivity index (χ4v) is 10.3. The van der Waals surface area contributed by atoms with Crippen LogP contribution in [0.1, 0.15) is 316 Å². The number of nitrogens with zero attached hydrogens (tertiary/aromatic N) is 1. The molecule has 9 nitrogen and oxygen atoms in total. The molecule has 0 heterocycles. The Morgan fingerprint density at radius 3 is 1.10 bits per heavy atom. The van der Waals surface area contributed by atoms with Crippen LogP contribution in [0, 0.1) is 0 Å². The molecule has 0 aliphatic rings. The van der Waals surface area contributed by atoms with Crippen LogP contribution in [0.5, 0.6) is 0 Å². The third-order valence-corrected chi connectivity index (χ3v) is 15.6. The molecular weight excluding hydrogens is 978 g/mol. The number of unbranched alkanes of at least 4 members (excludes halogenated alkanes) is 39. The molecule has 0 rings (SSSR count). The number of hydrogen-bond acceptors (Lipinski definition) is 7. The Bertz CT molecular complexity index is 1440. The predicted octanol–water partition coefficient (Wildman–Crippen LogP) is 20.9. The first-order valence-corrected chi connectivity index (χ1v) is 34.4. The van der Waals surface area contributed by atoms with Crippen molar-refractivity contribution in [1.82, 2.24) is 0 Å². The van der Waals surface area contributed by atoms with Crippen molar-refractivity contribution < 1.29 is 42.1 Å². The lowest BCUT2D eigenvalue weighted by atomic mass is 10.0. The van der Waals surface area contributed by atoms with E-state index >= 15 is 0 Å². The monoisotopic (exact) mass is 1100 g/mol. The van der Waals surface area contributed by atoms with Crippen LogP contribution in [0.2, 0.25) is 0 Å². The fourth-order valence-electron chi connectivity index (χ4n) is 9.60. The predicted molar refractivity (Wildman–Crippen MR) is 330 cm³/mol. The first-order valence-electron chi connectivity index (χ1n) is 32.9. The highest BCUT2D eigenvalue weighted by molar-refractivity contribution is 7.47. The van der Waals surface area contributed by atoms with Gasteiger partial charge in [-0.3, -0.25) is 18.6 Å². The summed E-state index contributed by atoms with van der Waals surface area (Å²) in [6, 6.07) is 0. The second-order valence-electron chi connectivity index (χ2n) is 23.5. The molecule has 0 saturated heterocycles. The summed E-state index contributed by atoms with van der Waals surface area (Å²) in [6.45, 7) is 4.31. The molecule has 2 unspecified atom stereocenters. The number of phosphoric ester groups is 1. The lowest BCUT2D eigenvalue weighted by Crippen LogP contribution is -2.37. The molecule has 452 valence electrons. The summed E-state index contributed by atoms with van der Waals surface area (Å²) in [7, 11) is 1.46. The van der Waals surface area contributed by atoms with Crippen LogP contribution in [0.4, 0.5) is 0 Å². The van der Waals surface area contributed by atoms with Crippen molar-refractivity contribution in [3.8, 4) is 0 Å². The average molecular weight is 1110 g/mol. The molecule has 2 atom stereocenters. The Labute approximate surface area is 477 Å². The quantitative estimate of drug-likeness (QED) is 0.0211. The van der Waals surface area contributed by atoms with Gasteiger partial charge in [0.25, 0.3) is 0 Å². The number of esters is 2. The molecule has 0 saturated carbocycles. The molecule has 0 bridgehead atoms. The van der Waals surface area contributed by atoms with Crippen molar-refractivity contribution in [3.63, 3.8) is 0 Å². The summed E-state index contributed by atoms with van der Waals surface area (Å²) >= 11 is 0. The van der Waals surface area contributed by atoms with Crippen LogP contribution in [0.25, 0.3) is 0 Å². The molecule has 0 fully saturated rings. The molecular formula is C67H127NO8P+. The Morgan fingerprint density at radius 1 is 0.416 bits per heavy atom. The van der Waals surface area contributed by atoms with Gasteiger partial charge in [0.15, 0.2) is 6.10 Å². The van der Waals surface area contributed by atoms with Gasteiger partial charge in [-0.05, 0) is 51.4 Å². The van der Waals surface area contributed by atoms with Gasteiger partial charge in [-0.1, -0.05) is 300 Å². The van der Waals surface area contributed by atoms with Gasteiger partial charge in [0.2, 0.25) is 0 Å². The minimum atomic E-state index is -4.40. The van der Waals surface area contributed by atoms with Crippen LogP contribution in [0.3, 0.4) is 0 Å². The van der Waals surface area contributed by atoms with E-state index in [0.29, 0.717) is 17.4 Å². The lowest BCUT2D eigenvalue weighted by molar-refractivity contribution is -0.870. The van der Waals surface area contributed by atoms with Crippen LogP contribution >= 0.6 is 7.82 Å². The smallest absolute Gasteiger partial charge is 0.462 e. The number of ether oxygens (including phenoxy) is 2. The normalized spacial score (nSPS) is 13.5. The van der Waals surface area contributed by atoms with E-state index < -0.39 is 26.5 Å². The summed E-state index contributed by atoms with van der Waals surface area (Å²) in [5.41, 5.74) is 0. The number of carbonyl (C=O) groups excluding carboxylic acids is 2. The summed E-state index contributed by atoms with van der Waals surface area (Å²) in [6.07, 6.45) is 75.4. The van der Waals surface area contributed by atoms with Gasteiger partial charge in [0.05, 0.1) is 27.7 Å². The number of phosphoric acid groups is 1. The summed E-state index contributed by atoms with van der Waals surface area (Å²) in [5, 5.41) is 0. The molecule has 0 amide bonds. The highest BCUT2D eigenvalue weighted by Gasteiger charge is 2.27. The summed E-state index contributed by atoms with van der Waals surface area (Å²) in [4.78, 5) is 35.6. The Morgan fingerprint density at radius 2 is 0.740 bits per heavy atom. The Balaban J connectivity index is 3.88. The Kier molecular flexibility index (Phi) is 57.1. The van der Waals surface area contributed by atoms with Crippen molar-refractivity contribution in [1.29, 1.82) is 0 Å². The second kappa shape index (κ2) is 58.6. The van der Waals surface area contributed by atoms with Gasteiger partial charge in [-0.25, -0.2) is 4.57 Å². The minimum absolute atomic E-state index is 0.0236. The van der Waals surface area contributed by atoms with Crippen LogP contribution in [0.15, 0.2) is 48.6 Å². The zero-order chi connectivity index (χ0) is 56.3. The summed E-state index contributed by atoms with van der Waals surface area (Å²) in [5.74, 6) is -0.836. The lowest BCUT2D eigenvalue weighted by Gasteiger charge is -2.24. The largest absolute Gasteiger partial charge is 0.472 e. The SMILES string of the molecule is CC/C=C\C/C=C\C/C=C\C/C=C\CCCCC(=O)OC(COC(=O)CCCCCCCCCCCCCCCCCCCCCCCCCCCCCCCCCCCCCCCC)COP(=O)(O)OCC[N+](C)(C)C. The maximum atomic E-state index is 12.8. The van der Waals surface area contributed by atoms with Crippen molar-refractivity contribution >= 4 is 19.8 Å². The van der Waals surface area contributed by atoms with Gasteiger partial charge in [0.1, 0.15) is 19.8 Å². The molecule has 77 heavy (non-hydrogen) atoms. The molecule has 1 N–H and O–H groups in total. The van der Waals surface area contributed by atoms with E-state index in [4.69, 9.17) is 18.5 Å². The topological polar surface area (TPSA) is 108 Å². The maximum Gasteiger partial charge on any atom is 0.472 e. The maximum absolute atomic E-state index is 12.8. The van der Waals surface area contributed by atoms with E-state index in [0.717, 1.165) is 57.8 Å². The third kappa shape index (κ3) is 63.0. The average Bonchev–Trinajstić information content (AvgIpc) is 3.39. The second-order valence-corrected chi connectivity index (χ2v) is 24.9. The number of likely N-dealkylation sites (N-methyl/N-ethyl adjacent to an activating group) is 1. The fraction of sp³-hybridized carbons (Fsp3) is 0.851. The molecule has 0 aliphatic heterocycles. The van der Waals surface area contributed by atoms with Gasteiger partial charge < -0.3 is 18.9 Å². The highest BCUT2D eigenvalue weighted by Crippen LogP contribution is 2.43. The van der Waals surface area contributed by atoms with Crippen molar-refractivity contribution in [2.45, 2.75) is 322 Å². The van der Waals surface area contributed by atoms with E-state index in [1.807, 2.05) is 21.1 Å². The molecule has 10 heteroatoms. The number of allylic oxidation sites excluding steroid dienone is 8. The third-order valence-electron chi connectivity index (χ3n) is 14.6. The zero-order valence-corrected chi connectivity index (χ0v) is 52.4. The van der Waals surface area contributed by atoms with Gasteiger partial charge in [0, 0.05) is 12.8 Å². The van der Waals surface area contributed by atoms with Crippen LogP contribution in [-0.2, 0) is 32.7 Å². The number of hydrogen-bond donors (Lipinski definition) is 1. The highest BCUT2D eigenvalue weighted by atomic mass is 31.2. The van der Waals surface area contributed by atoms with E-state index in [-0.39, 0.29) is 32.0 Å². The minimum Gasteiger partial charge on any atom is -0.462 e. The van der Waals surface area contributed by atoms with Gasteiger partial charge in [-0.2, -0.15) is 0 Å². The van der Waals surface area contributed by atoms with Crippen molar-refractivity contribution in [3.05, 3.63) is 48.6 Å². The molecule has 0 aliphatic carbocycles. The number of rotatable bonds is 61. The van der Waals surface area contributed by atoms with Crippen molar-refractivity contribution in [2.24, 2.45) is 0 Å². The van der Waals surface area contributed by atoms with Gasteiger partial charge in [-0.15, -0.1) is 0 Å². The van der Waals surface area contributed by atoms with E-state index in [2.05, 4.69) is 62.5 Å². The van der Waals surface area contributed by atoms with Gasteiger partial charge >= 0.3 is 19.8 Å². The molecule has 0 aromatic carbocycles. The van der Waals surface area contributed by atoms with E-state index in [1.54, 1.807) is 0 Å². The van der Waals surface area contributed by atoms with E-state index in [1.165, 1.54) is 225 Å². The number of quaternary nitrogens is 1. The summed E-state index contributed by atoms with van der Waals surface area (Å²) < 4.78 is 34.5. The molecule has 0 spiro atoms. The van der Waals surface area contributed by atoms with Crippen LogP contribution in [-0.4, -0.2) is 74.9 Å². The molecule has 0 radical (unpaired) electrons. The van der Waals surface area contributed by atoms with Crippen molar-refractivity contribution in [2.75, 3.05) is 47.5 Å². The zero-order valence-electron chi connectivity index (χ0n) is 51.5. The molecule has 0 aromatic heterocycles. The first-order chi connectivity index (χ1) is 37.5. The first kappa shape index (κ1) is 75.0.